The standard InChI is InChI=1S/C24H30O/c1-16(12-18-10-8-7-9-11-18)19-14-21-20(13-17(19)2)23(3,4)15-22(25)24(21,5)6/h7-14,22,25H,15H2,1-6H3/b16-12+. The Kier molecular flexibility index (Phi) is 4.41. The van der Waals surface area contributed by atoms with Crippen LogP contribution in [-0.4, -0.2) is 11.2 Å². The minimum atomic E-state index is -0.316. The van der Waals surface area contributed by atoms with Crippen molar-refractivity contribution in [2.24, 2.45) is 0 Å². The quantitative estimate of drug-likeness (QED) is 0.680. The lowest BCUT2D eigenvalue weighted by Crippen LogP contribution is -2.45. The molecular weight excluding hydrogens is 304 g/mol. The van der Waals surface area contributed by atoms with Gasteiger partial charge in [0.05, 0.1) is 6.10 Å². The molecule has 2 aromatic carbocycles. The normalized spacial score (nSPS) is 21.7. The van der Waals surface area contributed by atoms with Gasteiger partial charge >= 0.3 is 0 Å². The maximum absolute atomic E-state index is 10.7. The topological polar surface area (TPSA) is 20.2 Å². The van der Waals surface area contributed by atoms with Crippen LogP contribution in [0.3, 0.4) is 0 Å². The molecule has 1 atom stereocenters. The van der Waals surface area contributed by atoms with Gasteiger partial charge in [-0.15, -0.1) is 0 Å². The Morgan fingerprint density at radius 3 is 2.32 bits per heavy atom. The molecule has 0 aromatic heterocycles. The zero-order valence-corrected chi connectivity index (χ0v) is 16.4. The van der Waals surface area contributed by atoms with Gasteiger partial charge in [0.25, 0.3) is 0 Å². The minimum absolute atomic E-state index is 0.00457. The van der Waals surface area contributed by atoms with E-state index in [4.69, 9.17) is 0 Å². The van der Waals surface area contributed by atoms with Crippen LogP contribution in [0.4, 0.5) is 0 Å². The molecule has 1 aliphatic rings. The molecule has 132 valence electrons. The van der Waals surface area contributed by atoms with Crippen LogP contribution < -0.4 is 0 Å². The number of rotatable bonds is 2. The van der Waals surface area contributed by atoms with Gasteiger partial charge in [0.1, 0.15) is 0 Å². The molecule has 1 unspecified atom stereocenters. The van der Waals surface area contributed by atoms with Gasteiger partial charge in [-0.3, -0.25) is 0 Å². The summed E-state index contributed by atoms with van der Waals surface area (Å²) < 4.78 is 0. The van der Waals surface area contributed by atoms with E-state index in [0.717, 1.165) is 6.42 Å². The zero-order valence-electron chi connectivity index (χ0n) is 16.4. The smallest absolute Gasteiger partial charge is 0.0639 e. The highest BCUT2D eigenvalue weighted by atomic mass is 16.3. The van der Waals surface area contributed by atoms with Crippen LogP contribution >= 0.6 is 0 Å². The Morgan fingerprint density at radius 1 is 1.04 bits per heavy atom. The number of aliphatic hydroxyl groups is 1. The Labute approximate surface area is 152 Å². The summed E-state index contributed by atoms with van der Waals surface area (Å²) in [6, 6.07) is 15.1. The summed E-state index contributed by atoms with van der Waals surface area (Å²) >= 11 is 0. The molecule has 0 aliphatic heterocycles. The predicted octanol–water partition coefficient (Wildman–Crippen LogP) is 5.88. The van der Waals surface area contributed by atoms with E-state index < -0.39 is 0 Å². The molecule has 2 aromatic rings. The van der Waals surface area contributed by atoms with Gasteiger partial charge in [0, 0.05) is 5.41 Å². The van der Waals surface area contributed by atoms with E-state index >= 15 is 0 Å². The first-order valence-corrected chi connectivity index (χ1v) is 9.20. The molecule has 0 spiro atoms. The first-order valence-electron chi connectivity index (χ1n) is 9.20. The number of aryl methyl sites for hydroxylation is 1. The third kappa shape index (κ3) is 3.18. The van der Waals surface area contributed by atoms with Crippen molar-refractivity contribution in [3.63, 3.8) is 0 Å². The van der Waals surface area contributed by atoms with Gasteiger partial charge in [-0.2, -0.15) is 0 Å². The molecule has 3 rings (SSSR count). The number of fused-ring (bicyclic) bond motifs is 1. The number of hydrogen-bond donors (Lipinski definition) is 1. The van der Waals surface area contributed by atoms with Crippen molar-refractivity contribution in [2.75, 3.05) is 0 Å². The van der Waals surface area contributed by atoms with Gasteiger partial charge in [-0.05, 0) is 59.1 Å². The molecule has 1 heteroatoms. The van der Waals surface area contributed by atoms with E-state index in [1.54, 1.807) is 0 Å². The summed E-state index contributed by atoms with van der Waals surface area (Å²) in [7, 11) is 0. The first-order chi connectivity index (χ1) is 11.6. The molecule has 25 heavy (non-hydrogen) atoms. The summed E-state index contributed by atoms with van der Waals surface area (Å²) in [4.78, 5) is 0. The third-order valence-corrected chi connectivity index (χ3v) is 5.93. The summed E-state index contributed by atoms with van der Waals surface area (Å²) in [5.41, 5.74) is 7.53. The lowest BCUT2D eigenvalue weighted by Gasteiger charge is -2.46. The van der Waals surface area contributed by atoms with E-state index in [0.29, 0.717) is 0 Å². The second kappa shape index (κ2) is 6.14. The van der Waals surface area contributed by atoms with Gasteiger partial charge in [-0.1, -0.05) is 76.2 Å². The van der Waals surface area contributed by atoms with Crippen molar-refractivity contribution in [3.8, 4) is 0 Å². The molecule has 0 saturated carbocycles. The highest BCUT2D eigenvalue weighted by molar-refractivity contribution is 5.82. The van der Waals surface area contributed by atoms with Crippen molar-refractivity contribution in [2.45, 2.75) is 64.9 Å². The van der Waals surface area contributed by atoms with Crippen LogP contribution in [0.25, 0.3) is 11.6 Å². The number of aliphatic hydroxyl groups excluding tert-OH is 1. The molecule has 0 saturated heterocycles. The van der Waals surface area contributed by atoms with Gasteiger partial charge in [0.15, 0.2) is 0 Å². The lowest BCUT2D eigenvalue weighted by molar-refractivity contribution is 0.0583. The average Bonchev–Trinajstić information content (AvgIpc) is 2.53. The number of benzene rings is 2. The van der Waals surface area contributed by atoms with Crippen molar-refractivity contribution in [1.82, 2.24) is 0 Å². The lowest BCUT2D eigenvalue weighted by atomic mass is 9.61. The second-order valence-corrected chi connectivity index (χ2v) is 8.78. The molecule has 1 N–H and O–H groups in total. The molecule has 0 heterocycles. The summed E-state index contributed by atoms with van der Waals surface area (Å²) in [6.45, 7) is 13.2. The van der Waals surface area contributed by atoms with Crippen molar-refractivity contribution in [1.29, 1.82) is 0 Å². The Hall–Kier alpha value is -1.86. The molecular formula is C24H30O. The van der Waals surface area contributed by atoms with Crippen LogP contribution in [0, 0.1) is 6.92 Å². The monoisotopic (exact) mass is 334 g/mol. The average molecular weight is 335 g/mol. The van der Waals surface area contributed by atoms with Crippen LogP contribution in [-0.2, 0) is 10.8 Å². The Morgan fingerprint density at radius 2 is 1.68 bits per heavy atom. The van der Waals surface area contributed by atoms with Crippen LogP contribution in [0.2, 0.25) is 0 Å². The van der Waals surface area contributed by atoms with Crippen molar-refractivity contribution < 1.29 is 5.11 Å². The first kappa shape index (κ1) is 17.9. The van der Waals surface area contributed by atoms with Crippen LogP contribution in [0.15, 0.2) is 42.5 Å². The number of allylic oxidation sites excluding steroid dienone is 1. The Bertz CT molecular complexity index is 809. The van der Waals surface area contributed by atoms with Crippen molar-refractivity contribution >= 4 is 11.6 Å². The van der Waals surface area contributed by atoms with Gasteiger partial charge < -0.3 is 5.11 Å². The van der Waals surface area contributed by atoms with Crippen LogP contribution in [0.5, 0.6) is 0 Å². The fourth-order valence-corrected chi connectivity index (χ4v) is 4.13. The van der Waals surface area contributed by atoms with E-state index in [1.165, 1.54) is 33.4 Å². The SMILES string of the molecule is C/C(=C\c1ccccc1)c1cc2c(cc1C)C(C)(C)CC(O)C2(C)C. The zero-order chi connectivity index (χ0) is 18.4. The van der Waals surface area contributed by atoms with Crippen molar-refractivity contribution in [3.05, 3.63) is 70.3 Å². The molecule has 1 aliphatic carbocycles. The Balaban J connectivity index is 2.16. The van der Waals surface area contributed by atoms with Gasteiger partial charge in [0.2, 0.25) is 0 Å². The van der Waals surface area contributed by atoms with E-state index in [1.807, 2.05) is 6.07 Å². The van der Waals surface area contributed by atoms with E-state index in [2.05, 4.69) is 84.0 Å². The van der Waals surface area contributed by atoms with Gasteiger partial charge in [-0.25, -0.2) is 0 Å². The minimum Gasteiger partial charge on any atom is -0.392 e. The van der Waals surface area contributed by atoms with E-state index in [-0.39, 0.29) is 16.9 Å². The second-order valence-electron chi connectivity index (χ2n) is 8.78. The highest BCUT2D eigenvalue weighted by Crippen LogP contribution is 2.47. The predicted molar refractivity (Wildman–Crippen MR) is 108 cm³/mol. The fourth-order valence-electron chi connectivity index (χ4n) is 4.13. The maximum Gasteiger partial charge on any atom is 0.0639 e. The maximum atomic E-state index is 10.7. The molecule has 0 radical (unpaired) electrons. The number of hydrogen-bond acceptors (Lipinski definition) is 1. The third-order valence-electron chi connectivity index (χ3n) is 5.93. The summed E-state index contributed by atoms with van der Waals surface area (Å²) in [5.74, 6) is 0. The summed E-state index contributed by atoms with van der Waals surface area (Å²) in [6.07, 6.45) is 2.74. The highest BCUT2D eigenvalue weighted by Gasteiger charge is 2.43. The van der Waals surface area contributed by atoms with Crippen LogP contribution in [0.1, 0.15) is 68.9 Å². The molecule has 0 fully saturated rings. The van der Waals surface area contributed by atoms with E-state index in [9.17, 15) is 5.11 Å². The molecule has 1 nitrogen and oxygen atoms in total. The summed E-state index contributed by atoms with van der Waals surface area (Å²) in [5, 5.41) is 10.7. The molecule has 0 bridgehead atoms. The molecule has 0 amide bonds. The fraction of sp³-hybridized carbons (Fsp3) is 0.417. The largest absolute Gasteiger partial charge is 0.392 e.